The van der Waals surface area contributed by atoms with Gasteiger partial charge in [0.05, 0.1) is 5.41 Å². The second-order valence-electron chi connectivity index (χ2n) is 7.08. The molecule has 0 bridgehead atoms. The van der Waals surface area contributed by atoms with Gasteiger partial charge in [-0.15, -0.1) is 0 Å². The molecule has 0 spiro atoms. The first kappa shape index (κ1) is 21.0. The molecule has 3 nitrogen and oxygen atoms in total. The average Bonchev–Trinajstić information content (AvgIpc) is 2.57. The molecule has 0 aromatic heterocycles. The van der Waals surface area contributed by atoms with Crippen molar-refractivity contribution in [2.45, 2.75) is 78.1 Å². The third kappa shape index (κ3) is 6.08. The van der Waals surface area contributed by atoms with Crippen molar-refractivity contribution in [2.24, 2.45) is 11.3 Å². The normalized spacial score (nSPS) is 23.3. The summed E-state index contributed by atoms with van der Waals surface area (Å²) in [7, 11) is 1.69. The van der Waals surface area contributed by atoms with Gasteiger partial charge in [0.2, 0.25) is 0 Å². The Bertz CT molecular complexity index is 425. The van der Waals surface area contributed by atoms with Gasteiger partial charge in [0.15, 0.2) is 0 Å². The van der Waals surface area contributed by atoms with E-state index in [1.807, 2.05) is 6.08 Å². The fourth-order valence-corrected chi connectivity index (χ4v) is 3.69. The maximum Gasteiger partial charge on any atom is 0.314 e. The van der Waals surface area contributed by atoms with Gasteiger partial charge in [-0.2, -0.15) is 0 Å². The van der Waals surface area contributed by atoms with Crippen LogP contribution in [-0.2, 0) is 9.53 Å². The zero-order valence-electron chi connectivity index (χ0n) is 15.9. The summed E-state index contributed by atoms with van der Waals surface area (Å²) < 4.78 is 5.24. The summed E-state index contributed by atoms with van der Waals surface area (Å²) in [5.41, 5.74) is 0.527. The Morgan fingerprint density at radius 2 is 1.88 bits per heavy atom. The van der Waals surface area contributed by atoms with E-state index < -0.39 is 11.4 Å². The van der Waals surface area contributed by atoms with Crippen LogP contribution in [0.1, 0.15) is 78.1 Å². The zero-order valence-corrected chi connectivity index (χ0v) is 15.9. The average molecular weight is 337 g/mol. The lowest BCUT2D eigenvalue weighted by molar-refractivity contribution is -0.149. The molecule has 0 aromatic carbocycles. The van der Waals surface area contributed by atoms with E-state index in [0.717, 1.165) is 38.5 Å². The number of methoxy groups -OCH3 is 1. The Morgan fingerprint density at radius 3 is 2.50 bits per heavy atom. The summed E-state index contributed by atoms with van der Waals surface area (Å²) in [6.07, 6.45) is 17.0. The molecule has 1 N–H and O–H groups in total. The van der Waals surface area contributed by atoms with Crippen LogP contribution in [0.15, 0.2) is 23.8 Å². The van der Waals surface area contributed by atoms with Gasteiger partial charge in [0, 0.05) is 13.7 Å². The smallest absolute Gasteiger partial charge is 0.314 e. The highest BCUT2D eigenvalue weighted by Crippen LogP contribution is 2.43. The number of allylic oxidation sites excluding steroid dienone is 3. The Labute approximate surface area is 148 Å². The van der Waals surface area contributed by atoms with Crippen LogP contribution in [0, 0.1) is 11.3 Å². The number of carbonyl (C=O) groups is 1. The topological polar surface area (TPSA) is 46.5 Å². The lowest BCUT2D eigenvalue weighted by Crippen LogP contribution is -2.38. The van der Waals surface area contributed by atoms with Crippen LogP contribution in [0.25, 0.3) is 0 Å². The highest BCUT2D eigenvalue weighted by molar-refractivity contribution is 5.78. The molecule has 0 heterocycles. The minimum absolute atomic E-state index is 0.0390. The third-order valence-corrected chi connectivity index (χ3v) is 5.19. The number of hydrogen-bond donors (Lipinski definition) is 1. The van der Waals surface area contributed by atoms with E-state index >= 15 is 0 Å². The molecule has 0 aliphatic heterocycles. The fourth-order valence-electron chi connectivity index (χ4n) is 3.69. The maximum atomic E-state index is 12.2. The first-order valence-electron chi connectivity index (χ1n) is 9.73. The quantitative estimate of drug-likeness (QED) is 0.435. The Morgan fingerprint density at radius 1 is 1.17 bits per heavy atom. The van der Waals surface area contributed by atoms with Gasteiger partial charge in [-0.05, 0) is 25.2 Å². The molecule has 3 heteroatoms. The first-order chi connectivity index (χ1) is 11.6. The van der Waals surface area contributed by atoms with Gasteiger partial charge in [-0.25, -0.2) is 0 Å². The molecule has 0 radical (unpaired) electrons. The van der Waals surface area contributed by atoms with Crippen LogP contribution in [0.4, 0.5) is 0 Å². The number of carboxylic acids is 1. The van der Waals surface area contributed by atoms with Crippen molar-refractivity contribution >= 4 is 5.97 Å². The molecule has 2 unspecified atom stereocenters. The van der Waals surface area contributed by atoms with Crippen LogP contribution >= 0.6 is 0 Å². The van der Waals surface area contributed by atoms with Gasteiger partial charge in [-0.1, -0.05) is 82.6 Å². The molecule has 1 aliphatic rings. The second-order valence-corrected chi connectivity index (χ2v) is 7.08. The number of unbranched alkanes of at least 4 members (excludes halogenated alkanes) is 5. The minimum atomic E-state index is -0.749. The molecule has 0 fully saturated rings. The molecular formula is C21H36O3. The van der Waals surface area contributed by atoms with E-state index in [9.17, 15) is 9.90 Å². The molecule has 2 atom stereocenters. The fraction of sp³-hybridized carbons (Fsp3) is 0.762. The van der Waals surface area contributed by atoms with Gasteiger partial charge < -0.3 is 9.84 Å². The Balaban J connectivity index is 2.76. The van der Waals surface area contributed by atoms with Crippen molar-refractivity contribution in [3.8, 4) is 0 Å². The summed E-state index contributed by atoms with van der Waals surface area (Å²) in [5.74, 6) is -0.641. The monoisotopic (exact) mass is 336 g/mol. The lowest BCUT2D eigenvalue weighted by Gasteiger charge is -2.36. The SMILES string of the molecule is CCCCCCCCC1(C(=O)O)C=CC(CCC)=CC1CCOC. The van der Waals surface area contributed by atoms with Crippen molar-refractivity contribution in [3.05, 3.63) is 23.8 Å². The molecule has 24 heavy (non-hydrogen) atoms. The van der Waals surface area contributed by atoms with E-state index in [0.29, 0.717) is 6.61 Å². The number of aliphatic carboxylic acids is 1. The highest BCUT2D eigenvalue weighted by Gasteiger charge is 2.43. The van der Waals surface area contributed by atoms with Crippen molar-refractivity contribution in [1.82, 2.24) is 0 Å². The summed E-state index contributed by atoms with van der Waals surface area (Å²) in [5, 5.41) is 9.99. The van der Waals surface area contributed by atoms with Crippen LogP contribution in [-0.4, -0.2) is 24.8 Å². The largest absolute Gasteiger partial charge is 0.481 e. The van der Waals surface area contributed by atoms with Crippen LogP contribution in [0.2, 0.25) is 0 Å². The standard InChI is InChI=1S/C21H36O3/c1-4-6-7-8-9-10-14-21(20(22)23)15-12-18(11-5-2)17-19(21)13-16-24-3/h12,15,17,19H,4-11,13-14,16H2,1-3H3,(H,22,23). The van der Waals surface area contributed by atoms with Crippen molar-refractivity contribution in [3.63, 3.8) is 0 Å². The van der Waals surface area contributed by atoms with Crippen molar-refractivity contribution in [2.75, 3.05) is 13.7 Å². The summed E-state index contributed by atoms with van der Waals surface area (Å²) >= 11 is 0. The van der Waals surface area contributed by atoms with Crippen LogP contribution in [0.3, 0.4) is 0 Å². The highest BCUT2D eigenvalue weighted by atomic mass is 16.5. The molecule has 0 saturated carbocycles. The molecule has 1 aliphatic carbocycles. The molecular weight excluding hydrogens is 300 g/mol. The van der Waals surface area contributed by atoms with E-state index in [2.05, 4.69) is 26.0 Å². The number of carboxylic acid groups (broad SMARTS) is 1. The molecule has 0 aromatic rings. The molecule has 0 amide bonds. The predicted molar refractivity (Wildman–Crippen MR) is 100 cm³/mol. The number of hydrogen-bond acceptors (Lipinski definition) is 2. The molecule has 1 rings (SSSR count). The van der Waals surface area contributed by atoms with E-state index in [4.69, 9.17) is 4.74 Å². The van der Waals surface area contributed by atoms with Crippen molar-refractivity contribution < 1.29 is 14.6 Å². The summed E-state index contributed by atoms with van der Waals surface area (Å²) in [6.45, 7) is 4.99. The molecule has 0 saturated heterocycles. The van der Waals surface area contributed by atoms with Crippen LogP contribution in [0.5, 0.6) is 0 Å². The predicted octanol–water partition coefficient (Wildman–Crippen LogP) is 5.76. The number of ether oxygens (including phenoxy) is 1. The van der Waals surface area contributed by atoms with E-state index in [1.54, 1.807) is 7.11 Å². The Hall–Kier alpha value is -1.09. The number of rotatable bonds is 13. The minimum Gasteiger partial charge on any atom is -0.481 e. The summed E-state index contributed by atoms with van der Waals surface area (Å²) in [4.78, 5) is 12.2. The summed E-state index contributed by atoms with van der Waals surface area (Å²) in [6, 6.07) is 0. The zero-order chi connectivity index (χ0) is 17.8. The second kappa shape index (κ2) is 11.5. The molecule has 138 valence electrons. The van der Waals surface area contributed by atoms with Gasteiger partial charge in [0.25, 0.3) is 0 Å². The lowest BCUT2D eigenvalue weighted by atomic mass is 9.67. The third-order valence-electron chi connectivity index (χ3n) is 5.19. The van der Waals surface area contributed by atoms with Gasteiger partial charge in [-0.3, -0.25) is 4.79 Å². The Kier molecular flexibility index (Phi) is 10.0. The van der Waals surface area contributed by atoms with E-state index in [-0.39, 0.29) is 5.92 Å². The van der Waals surface area contributed by atoms with Gasteiger partial charge in [0.1, 0.15) is 0 Å². The van der Waals surface area contributed by atoms with Crippen molar-refractivity contribution in [1.29, 1.82) is 0 Å². The van der Waals surface area contributed by atoms with Crippen LogP contribution < -0.4 is 0 Å². The van der Waals surface area contributed by atoms with E-state index in [1.165, 1.54) is 31.3 Å². The maximum absolute atomic E-state index is 12.2. The first-order valence-corrected chi connectivity index (χ1v) is 9.73. The van der Waals surface area contributed by atoms with Gasteiger partial charge >= 0.3 is 5.97 Å².